The molecular weight excluding hydrogens is 597 g/mol. The van der Waals surface area contributed by atoms with Crippen LogP contribution in [0.2, 0.25) is 0 Å². The monoisotopic (exact) mass is 671 g/mol. The lowest BCUT2D eigenvalue weighted by atomic mass is 9.46. The van der Waals surface area contributed by atoms with Gasteiger partial charge in [0.15, 0.2) is 0 Å². The van der Waals surface area contributed by atoms with Gasteiger partial charge in [0.25, 0.3) is 0 Å². The van der Waals surface area contributed by atoms with Crippen LogP contribution in [0.25, 0.3) is 0 Å². The van der Waals surface area contributed by atoms with Crippen molar-refractivity contribution in [2.45, 2.75) is 164 Å². The second-order valence-corrected chi connectivity index (χ2v) is 17.6. The number of hydrogen-bond acceptors (Lipinski definition) is 1. The van der Waals surface area contributed by atoms with Gasteiger partial charge in [0, 0.05) is 5.57 Å². The fraction of sp³-hybridized carbons (Fsp3) is 0.723. The molecule has 0 aromatic rings. The molecule has 2 nitrogen and oxygen atoms in total. The summed E-state index contributed by atoms with van der Waals surface area (Å²) in [4.78, 5) is 12.4. The SMILES string of the molecule is CCCCCCCCC/C=C/C=C/C=C/C=C/C=C(/C(=O)O)[C@H]1CC[C@@]2(C)C(=CC[C@H]3[C@@H]4CC[C@H]([C@H](C)CCCC(C)C)[C@@]4(C)CC[C@@H]32)C1. The van der Waals surface area contributed by atoms with Crippen LogP contribution in [0.3, 0.4) is 0 Å². The molecule has 4 aliphatic rings. The number of hydrogen-bond donors (Lipinski definition) is 1. The maximum Gasteiger partial charge on any atom is 0.331 e. The van der Waals surface area contributed by atoms with Crippen molar-refractivity contribution in [2.24, 2.45) is 52.3 Å². The number of aliphatic carboxylic acids is 1. The van der Waals surface area contributed by atoms with Crippen LogP contribution in [-0.2, 0) is 4.79 Å². The quantitative estimate of drug-likeness (QED) is 0.0643. The first kappa shape index (κ1) is 39.7. The van der Waals surface area contributed by atoms with E-state index in [4.69, 9.17) is 0 Å². The van der Waals surface area contributed by atoms with Crippen molar-refractivity contribution < 1.29 is 9.90 Å². The summed E-state index contributed by atoms with van der Waals surface area (Å²) in [7, 11) is 0. The van der Waals surface area contributed by atoms with Gasteiger partial charge in [0.05, 0.1) is 0 Å². The molecule has 3 saturated carbocycles. The molecule has 8 atom stereocenters. The zero-order valence-electron chi connectivity index (χ0n) is 32.6. The largest absolute Gasteiger partial charge is 0.478 e. The Morgan fingerprint density at radius 1 is 0.816 bits per heavy atom. The van der Waals surface area contributed by atoms with Crippen molar-refractivity contribution in [1.82, 2.24) is 0 Å². The number of allylic oxidation sites excluding steroid dienone is 11. The fourth-order valence-corrected chi connectivity index (χ4v) is 11.2. The van der Waals surface area contributed by atoms with Gasteiger partial charge >= 0.3 is 5.97 Å². The molecule has 0 aliphatic heterocycles. The van der Waals surface area contributed by atoms with Gasteiger partial charge in [-0.05, 0) is 116 Å². The maximum absolute atomic E-state index is 12.4. The second-order valence-electron chi connectivity index (χ2n) is 17.6. The molecule has 0 heterocycles. The molecular formula is C47H74O2. The predicted octanol–water partition coefficient (Wildman–Crippen LogP) is 14.0. The molecule has 0 amide bonds. The summed E-state index contributed by atoms with van der Waals surface area (Å²) in [6, 6.07) is 0. The average molecular weight is 671 g/mol. The minimum Gasteiger partial charge on any atom is -0.478 e. The van der Waals surface area contributed by atoms with E-state index in [1.165, 1.54) is 96.3 Å². The molecule has 4 rings (SSSR count). The maximum atomic E-state index is 12.4. The molecule has 0 saturated heterocycles. The number of carboxylic acids is 1. The van der Waals surface area contributed by atoms with E-state index in [-0.39, 0.29) is 11.3 Å². The highest BCUT2D eigenvalue weighted by atomic mass is 16.4. The van der Waals surface area contributed by atoms with Crippen LogP contribution in [0.1, 0.15) is 164 Å². The Balaban J connectivity index is 1.28. The van der Waals surface area contributed by atoms with Crippen molar-refractivity contribution >= 4 is 5.97 Å². The summed E-state index contributed by atoms with van der Waals surface area (Å²) >= 11 is 0. The van der Waals surface area contributed by atoms with E-state index in [9.17, 15) is 9.90 Å². The minimum absolute atomic E-state index is 0.111. The van der Waals surface area contributed by atoms with Crippen LogP contribution >= 0.6 is 0 Å². The molecule has 0 radical (unpaired) electrons. The fourth-order valence-electron chi connectivity index (χ4n) is 11.2. The van der Waals surface area contributed by atoms with E-state index in [0.29, 0.717) is 11.0 Å². The lowest BCUT2D eigenvalue weighted by Gasteiger charge is -2.58. The number of carboxylic acid groups (broad SMARTS) is 1. The Hall–Kier alpha value is -2.09. The van der Waals surface area contributed by atoms with E-state index < -0.39 is 5.97 Å². The molecule has 0 spiro atoms. The van der Waals surface area contributed by atoms with Crippen LogP contribution < -0.4 is 0 Å². The highest BCUT2D eigenvalue weighted by Crippen LogP contribution is 2.67. The zero-order chi connectivity index (χ0) is 35.3. The van der Waals surface area contributed by atoms with Gasteiger partial charge in [0.2, 0.25) is 0 Å². The molecule has 4 aliphatic carbocycles. The molecule has 3 fully saturated rings. The van der Waals surface area contributed by atoms with Crippen molar-refractivity contribution in [3.05, 3.63) is 71.9 Å². The number of rotatable bonds is 19. The van der Waals surface area contributed by atoms with Crippen molar-refractivity contribution in [2.75, 3.05) is 0 Å². The van der Waals surface area contributed by atoms with Crippen LogP contribution in [0, 0.1) is 52.3 Å². The first-order valence-corrected chi connectivity index (χ1v) is 20.9. The Bertz CT molecular complexity index is 1210. The van der Waals surface area contributed by atoms with Crippen molar-refractivity contribution in [3.63, 3.8) is 0 Å². The standard InChI is InChI=1S/C47H74O2/c1-7-8-9-10-11-12-13-14-15-16-17-18-19-20-21-22-26-40(45(48)49)38-31-33-46(5)39(35-38)27-28-41-43-30-29-42(37(4)25-23-24-36(2)3)47(43,6)34-32-44(41)46/h15-22,26-27,36-38,41-44H,7-14,23-25,28-35H2,1-6H3,(H,48,49)/b16-15+,18-17+,20-19+,22-21+,40-26+/t37-,38+,41+,42-,43+,44+,46+,47-/m1/s1. The molecule has 0 unspecified atom stereocenters. The highest BCUT2D eigenvalue weighted by molar-refractivity contribution is 5.87. The zero-order valence-corrected chi connectivity index (χ0v) is 32.6. The minimum atomic E-state index is -0.754. The van der Waals surface area contributed by atoms with Gasteiger partial charge in [-0.3, -0.25) is 0 Å². The highest BCUT2D eigenvalue weighted by Gasteiger charge is 2.59. The van der Waals surface area contributed by atoms with E-state index in [1.54, 1.807) is 5.57 Å². The Labute approximate surface area is 302 Å². The van der Waals surface area contributed by atoms with Crippen molar-refractivity contribution in [3.8, 4) is 0 Å². The first-order chi connectivity index (χ1) is 23.6. The molecule has 49 heavy (non-hydrogen) atoms. The van der Waals surface area contributed by atoms with Crippen LogP contribution in [-0.4, -0.2) is 11.1 Å². The summed E-state index contributed by atoms with van der Waals surface area (Å²) < 4.78 is 0. The summed E-state index contributed by atoms with van der Waals surface area (Å²) in [5.74, 6) is 4.37. The Morgan fingerprint density at radius 3 is 2.22 bits per heavy atom. The molecule has 274 valence electrons. The molecule has 1 N–H and O–H groups in total. The summed E-state index contributed by atoms with van der Waals surface area (Å²) in [6.45, 7) is 14.8. The van der Waals surface area contributed by atoms with E-state index in [1.807, 2.05) is 36.5 Å². The predicted molar refractivity (Wildman–Crippen MR) is 211 cm³/mol. The smallest absolute Gasteiger partial charge is 0.331 e. The van der Waals surface area contributed by atoms with Crippen molar-refractivity contribution in [1.29, 1.82) is 0 Å². The lowest BCUT2D eigenvalue weighted by molar-refractivity contribution is -0.133. The second kappa shape index (κ2) is 19.5. The molecule has 2 heteroatoms. The topological polar surface area (TPSA) is 37.3 Å². The molecule has 0 bridgehead atoms. The third kappa shape index (κ3) is 10.5. The molecule has 0 aromatic carbocycles. The van der Waals surface area contributed by atoms with Gasteiger partial charge in [-0.1, -0.05) is 166 Å². The Kier molecular flexibility index (Phi) is 15.8. The van der Waals surface area contributed by atoms with E-state index >= 15 is 0 Å². The third-order valence-electron chi connectivity index (χ3n) is 14.0. The Morgan fingerprint density at radius 2 is 1.51 bits per heavy atom. The van der Waals surface area contributed by atoms with Crippen LogP contribution in [0.5, 0.6) is 0 Å². The lowest BCUT2D eigenvalue weighted by Crippen LogP contribution is -2.50. The van der Waals surface area contributed by atoms with Crippen LogP contribution in [0.15, 0.2) is 71.9 Å². The van der Waals surface area contributed by atoms with E-state index in [2.05, 4.69) is 65.8 Å². The van der Waals surface area contributed by atoms with Gasteiger partial charge < -0.3 is 5.11 Å². The van der Waals surface area contributed by atoms with Gasteiger partial charge in [-0.25, -0.2) is 4.79 Å². The first-order valence-electron chi connectivity index (χ1n) is 20.9. The summed E-state index contributed by atoms with van der Waals surface area (Å²) in [5.41, 5.74) is 2.92. The molecule has 0 aromatic heterocycles. The number of unbranched alkanes of at least 4 members (excludes halogenated alkanes) is 7. The summed E-state index contributed by atoms with van der Waals surface area (Å²) in [5, 5.41) is 10.2. The normalized spacial score (nSPS) is 32.7. The van der Waals surface area contributed by atoms with Gasteiger partial charge in [-0.15, -0.1) is 0 Å². The van der Waals surface area contributed by atoms with Crippen LogP contribution in [0.4, 0.5) is 0 Å². The van der Waals surface area contributed by atoms with Gasteiger partial charge in [0.1, 0.15) is 0 Å². The summed E-state index contributed by atoms with van der Waals surface area (Å²) in [6.07, 6.45) is 45.6. The number of fused-ring (bicyclic) bond motifs is 5. The van der Waals surface area contributed by atoms with E-state index in [0.717, 1.165) is 61.2 Å². The number of carbonyl (C=O) groups is 1. The van der Waals surface area contributed by atoms with Gasteiger partial charge in [-0.2, -0.15) is 0 Å². The average Bonchev–Trinajstić information content (AvgIpc) is 3.43. The third-order valence-corrected chi connectivity index (χ3v) is 14.0.